The van der Waals surface area contributed by atoms with Crippen molar-refractivity contribution in [3.8, 4) is 0 Å². The molecule has 1 aliphatic heterocycles. The normalized spacial score (nSPS) is 12.8. The van der Waals surface area contributed by atoms with E-state index in [1.807, 2.05) is 30.3 Å². The lowest BCUT2D eigenvalue weighted by Gasteiger charge is -2.19. The van der Waals surface area contributed by atoms with Gasteiger partial charge in [0.25, 0.3) is 5.56 Å². The fourth-order valence-electron chi connectivity index (χ4n) is 2.76. The number of anilines is 2. The standard InChI is InChI=1S/C17H21N5O2/c23-15(19-10-9-18-12-5-2-1-3-6-12)11-14-16-13(7-4-8-20-16)17(24)22-21-14/h1-3,5-6,18,20H,4,7-11H2,(H,19,23)(H,22,24). The van der Waals surface area contributed by atoms with Gasteiger partial charge in [-0.25, -0.2) is 5.10 Å². The van der Waals surface area contributed by atoms with E-state index in [1.54, 1.807) is 0 Å². The molecule has 7 heteroatoms. The van der Waals surface area contributed by atoms with E-state index in [9.17, 15) is 9.59 Å². The summed E-state index contributed by atoms with van der Waals surface area (Å²) in [5.41, 5.74) is 2.87. The predicted octanol–water partition coefficient (Wildman–Crippen LogP) is 0.899. The van der Waals surface area contributed by atoms with Gasteiger partial charge in [-0.15, -0.1) is 0 Å². The molecule has 3 rings (SSSR count). The van der Waals surface area contributed by atoms with Gasteiger partial charge < -0.3 is 16.0 Å². The first-order valence-electron chi connectivity index (χ1n) is 8.14. The fraction of sp³-hybridized carbons (Fsp3) is 0.353. The van der Waals surface area contributed by atoms with Gasteiger partial charge >= 0.3 is 0 Å². The van der Waals surface area contributed by atoms with Crippen LogP contribution in [0.15, 0.2) is 35.1 Å². The number of hydrogen-bond donors (Lipinski definition) is 4. The number of para-hydroxylation sites is 1. The van der Waals surface area contributed by atoms with Crippen LogP contribution in [0.3, 0.4) is 0 Å². The van der Waals surface area contributed by atoms with Gasteiger partial charge in [0, 0.05) is 30.9 Å². The van der Waals surface area contributed by atoms with Gasteiger partial charge in [-0.3, -0.25) is 9.59 Å². The average molecular weight is 327 g/mol. The van der Waals surface area contributed by atoms with Crippen molar-refractivity contribution < 1.29 is 4.79 Å². The van der Waals surface area contributed by atoms with Crippen LogP contribution < -0.4 is 21.5 Å². The fourth-order valence-corrected chi connectivity index (χ4v) is 2.76. The Morgan fingerprint density at radius 1 is 1.21 bits per heavy atom. The smallest absolute Gasteiger partial charge is 0.269 e. The molecule has 0 atom stereocenters. The lowest BCUT2D eigenvalue weighted by atomic mass is 10.0. The quantitative estimate of drug-likeness (QED) is 0.591. The first-order valence-corrected chi connectivity index (χ1v) is 8.14. The average Bonchev–Trinajstić information content (AvgIpc) is 2.62. The van der Waals surface area contributed by atoms with Crippen molar-refractivity contribution in [3.05, 3.63) is 51.9 Å². The summed E-state index contributed by atoms with van der Waals surface area (Å²) < 4.78 is 0. The monoisotopic (exact) mass is 327 g/mol. The van der Waals surface area contributed by atoms with E-state index in [-0.39, 0.29) is 17.9 Å². The number of fused-ring (bicyclic) bond motifs is 1. The zero-order valence-corrected chi connectivity index (χ0v) is 13.4. The van der Waals surface area contributed by atoms with E-state index >= 15 is 0 Å². The van der Waals surface area contributed by atoms with Crippen molar-refractivity contribution in [2.75, 3.05) is 30.3 Å². The molecule has 0 saturated heterocycles. The van der Waals surface area contributed by atoms with Crippen molar-refractivity contribution in [3.63, 3.8) is 0 Å². The maximum atomic E-state index is 12.1. The molecular weight excluding hydrogens is 306 g/mol. The van der Waals surface area contributed by atoms with Gasteiger partial charge in [0.15, 0.2) is 0 Å². The highest BCUT2D eigenvalue weighted by Crippen LogP contribution is 2.21. The van der Waals surface area contributed by atoms with Gasteiger partial charge in [-0.05, 0) is 25.0 Å². The molecule has 1 amide bonds. The van der Waals surface area contributed by atoms with Crippen LogP contribution in [-0.2, 0) is 17.6 Å². The lowest BCUT2D eigenvalue weighted by molar-refractivity contribution is -0.120. The minimum atomic E-state index is -0.173. The van der Waals surface area contributed by atoms with Crippen molar-refractivity contribution in [1.82, 2.24) is 15.5 Å². The van der Waals surface area contributed by atoms with E-state index < -0.39 is 0 Å². The van der Waals surface area contributed by atoms with Gasteiger partial charge in [0.1, 0.15) is 0 Å². The van der Waals surface area contributed by atoms with E-state index in [1.165, 1.54) is 0 Å². The molecule has 1 aromatic carbocycles. The zero-order valence-electron chi connectivity index (χ0n) is 13.4. The van der Waals surface area contributed by atoms with Gasteiger partial charge in [-0.1, -0.05) is 18.2 Å². The molecule has 2 heterocycles. The maximum absolute atomic E-state index is 12.1. The first-order chi connectivity index (χ1) is 11.7. The summed E-state index contributed by atoms with van der Waals surface area (Å²) in [5, 5.41) is 15.8. The van der Waals surface area contributed by atoms with Gasteiger partial charge in [0.05, 0.1) is 17.8 Å². The number of rotatable bonds is 6. The van der Waals surface area contributed by atoms with Crippen LogP contribution >= 0.6 is 0 Å². The molecule has 2 aromatic rings. The Morgan fingerprint density at radius 2 is 2.04 bits per heavy atom. The summed E-state index contributed by atoms with van der Waals surface area (Å²) in [7, 11) is 0. The van der Waals surface area contributed by atoms with Crippen molar-refractivity contribution in [2.24, 2.45) is 0 Å². The topological polar surface area (TPSA) is 98.9 Å². The molecule has 0 aliphatic carbocycles. The van der Waals surface area contributed by atoms with Gasteiger partial charge in [0.2, 0.25) is 5.91 Å². The summed E-state index contributed by atoms with van der Waals surface area (Å²) in [5.74, 6) is -0.112. The van der Waals surface area contributed by atoms with Crippen molar-refractivity contribution in [2.45, 2.75) is 19.3 Å². The third-order valence-electron chi connectivity index (χ3n) is 3.94. The minimum absolute atomic E-state index is 0.112. The van der Waals surface area contributed by atoms with Crippen LogP contribution in [0.2, 0.25) is 0 Å². The number of benzene rings is 1. The number of aromatic amines is 1. The Bertz CT molecular complexity index is 757. The number of hydrogen-bond acceptors (Lipinski definition) is 5. The van der Waals surface area contributed by atoms with Crippen LogP contribution in [0.5, 0.6) is 0 Å². The predicted molar refractivity (Wildman–Crippen MR) is 93.3 cm³/mol. The lowest BCUT2D eigenvalue weighted by Crippen LogP contribution is -2.32. The molecular formula is C17H21N5O2. The molecule has 0 unspecified atom stereocenters. The second-order valence-corrected chi connectivity index (χ2v) is 5.70. The van der Waals surface area contributed by atoms with E-state index in [4.69, 9.17) is 0 Å². The van der Waals surface area contributed by atoms with Crippen molar-refractivity contribution >= 4 is 17.3 Å². The number of H-pyrrole nitrogens is 1. The molecule has 0 radical (unpaired) electrons. The summed E-state index contributed by atoms with van der Waals surface area (Å²) in [4.78, 5) is 23.9. The van der Waals surface area contributed by atoms with Crippen molar-refractivity contribution in [1.29, 1.82) is 0 Å². The molecule has 4 N–H and O–H groups in total. The summed E-state index contributed by atoms with van der Waals surface area (Å²) in [6.07, 6.45) is 1.78. The highest BCUT2D eigenvalue weighted by Gasteiger charge is 2.19. The Kier molecular flexibility index (Phi) is 5.10. The molecule has 1 aliphatic rings. The molecule has 0 bridgehead atoms. The van der Waals surface area contributed by atoms with Gasteiger partial charge in [-0.2, -0.15) is 5.10 Å². The Hall–Kier alpha value is -2.83. The minimum Gasteiger partial charge on any atom is -0.383 e. The first kappa shape index (κ1) is 16.0. The highest BCUT2D eigenvalue weighted by atomic mass is 16.1. The Balaban J connectivity index is 1.51. The number of nitrogens with one attached hydrogen (secondary N) is 4. The number of amides is 1. The van der Waals surface area contributed by atoms with Crippen LogP contribution in [0.4, 0.5) is 11.4 Å². The molecule has 0 saturated carbocycles. The molecule has 126 valence electrons. The zero-order chi connectivity index (χ0) is 16.8. The molecule has 0 spiro atoms. The SMILES string of the molecule is O=C(Cc1n[nH]c(=O)c2c1NCCC2)NCCNc1ccccc1. The third-order valence-corrected chi connectivity index (χ3v) is 3.94. The van der Waals surface area contributed by atoms with Crippen LogP contribution in [0.25, 0.3) is 0 Å². The van der Waals surface area contributed by atoms with E-state index in [0.29, 0.717) is 24.3 Å². The third kappa shape index (κ3) is 3.92. The second-order valence-electron chi connectivity index (χ2n) is 5.70. The molecule has 0 fully saturated rings. The Labute approximate surface area is 139 Å². The number of nitrogens with zero attached hydrogens (tertiary/aromatic N) is 1. The maximum Gasteiger partial charge on any atom is 0.269 e. The van der Waals surface area contributed by atoms with Crippen LogP contribution in [0, 0.1) is 0 Å². The Morgan fingerprint density at radius 3 is 2.88 bits per heavy atom. The van der Waals surface area contributed by atoms with E-state index in [0.717, 1.165) is 30.8 Å². The number of aromatic nitrogens is 2. The van der Waals surface area contributed by atoms with Crippen LogP contribution in [0.1, 0.15) is 17.7 Å². The molecule has 1 aromatic heterocycles. The van der Waals surface area contributed by atoms with E-state index in [2.05, 4.69) is 26.1 Å². The highest BCUT2D eigenvalue weighted by molar-refractivity contribution is 5.80. The second kappa shape index (κ2) is 7.63. The summed E-state index contributed by atoms with van der Waals surface area (Å²) >= 11 is 0. The summed E-state index contributed by atoms with van der Waals surface area (Å²) in [6.45, 7) is 1.96. The van der Waals surface area contributed by atoms with Crippen LogP contribution in [-0.4, -0.2) is 35.7 Å². The summed E-state index contributed by atoms with van der Waals surface area (Å²) in [6, 6.07) is 9.82. The largest absolute Gasteiger partial charge is 0.383 e. The molecule has 24 heavy (non-hydrogen) atoms. The number of carbonyl (C=O) groups excluding carboxylic acids is 1. The number of carbonyl (C=O) groups is 1. The molecule has 7 nitrogen and oxygen atoms in total.